The van der Waals surface area contributed by atoms with Crippen LogP contribution in [-0.4, -0.2) is 16.6 Å². The van der Waals surface area contributed by atoms with Crippen molar-refractivity contribution in [2.75, 3.05) is 18.1 Å². The summed E-state index contributed by atoms with van der Waals surface area (Å²) in [5.41, 5.74) is 16.4. The fraction of sp³-hybridized carbons (Fsp3) is 0.545. The Hall–Kier alpha value is -2.30. The Morgan fingerprint density at radius 2 is 1.56 bits per heavy atom. The van der Waals surface area contributed by atoms with E-state index in [9.17, 15) is 0 Å². The highest BCUT2D eigenvalue weighted by molar-refractivity contribution is 5.49. The number of rotatable bonds is 11. The molecule has 27 heavy (non-hydrogen) atoms. The maximum Gasteiger partial charge on any atom is 0.221 e. The fourth-order valence-corrected chi connectivity index (χ4v) is 3.34. The van der Waals surface area contributed by atoms with Gasteiger partial charge in [-0.3, -0.25) is 0 Å². The predicted octanol–water partition coefficient (Wildman–Crippen LogP) is 4.71. The van der Waals surface area contributed by atoms with E-state index in [1.165, 1.54) is 29.5 Å². The van der Waals surface area contributed by atoms with E-state index >= 15 is 0 Å². The van der Waals surface area contributed by atoms with Crippen LogP contribution in [0.3, 0.4) is 0 Å². The monoisotopic (exact) mass is 370 g/mol. The Balaban J connectivity index is 2.32. The Bertz CT molecular complexity index is 703. The Kier molecular flexibility index (Phi) is 8.37. The average molecular weight is 371 g/mol. The van der Waals surface area contributed by atoms with E-state index in [0.29, 0.717) is 12.2 Å². The van der Waals surface area contributed by atoms with Gasteiger partial charge in [-0.15, -0.1) is 0 Å². The molecule has 1 aromatic heterocycles. The molecule has 0 aliphatic carbocycles. The summed E-state index contributed by atoms with van der Waals surface area (Å²) in [7, 11) is 0. The van der Waals surface area contributed by atoms with Crippen molar-refractivity contribution in [1.82, 2.24) is 9.97 Å². The number of hydrogen-bond donors (Lipinski definition) is 2. The van der Waals surface area contributed by atoms with Gasteiger partial charge in [-0.2, -0.15) is 4.98 Å². The van der Waals surface area contributed by atoms with Gasteiger partial charge in [0.25, 0.3) is 0 Å². The molecule has 0 amide bonds. The summed E-state index contributed by atoms with van der Waals surface area (Å²) < 4.78 is 6.25. The van der Waals surface area contributed by atoms with E-state index in [1.807, 2.05) is 0 Å². The Morgan fingerprint density at radius 3 is 2.11 bits per heavy atom. The first-order chi connectivity index (χ1) is 13.1. The highest BCUT2D eigenvalue weighted by Crippen LogP contribution is 2.30. The second kappa shape index (κ2) is 10.8. The first kappa shape index (κ1) is 21.0. The smallest absolute Gasteiger partial charge is 0.221 e. The third-order valence-electron chi connectivity index (χ3n) is 4.65. The molecule has 0 atom stereocenters. The maximum absolute atomic E-state index is 6.25. The van der Waals surface area contributed by atoms with Gasteiger partial charge >= 0.3 is 0 Å². The van der Waals surface area contributed by atoms with Crippen molar-refractivity contribution >= 4 is 11.8 Å². The molecule has 148 valence electrons. The number of nitrogen functional groups attached to an aromatic ring is 2. The van der Waals surface area contributed by atoms with E-state index in [4.69, 9.17) is 16.2 Å². The van der Waals surface area contributed by atoms with Crippen molar-refractivity contribution in [3.05, 3.63) is 40.6 Å². The Morgan fingerprint density at radius 1 is 0.889 bits per heavy atom. The van der Waals surface area contributed by atoms with Crippen molar-refractivity contribution in [3.8, 4) is 5.75 Å². The second-order valence-electron chi connectivity index (χ2n) is 7.11. The van der Waals surface area contributed by atoms with Crippen LogP contribution in [0.4, 0.5) is 11.8 Å². The summed E-state index contributed by atoms with van der Waals surface area (Å²) in [6, 6.07) is 4.52. The summed E-state index contributed by atoms with van der Waals surface area (Å²) in [5, 5.41) is 0. The molecule has 5 nitrogen and oxygen atoms in total. The number of benzene rings is 1. The number of anilines is 2. The third-order valence-corrected chi connectivity index (χ3v) is 4.65. The molecule has 0 spiro atoms. The molecule has 0 saturated heterocycles. The largest absolute Gasteiger partial charge is 0.493 e. The van der Waals surface area contributed by atoms with Gasteiger partial charge in [0.15, 0.2) is 0 Å². The second-order valence-corrected chi connectivity index (χ2v) is 7.11. The summed E-state index contributed by atoms with van der Waals surface area (Å²) in [5.74, 6) is 1.77. The highest BCUT2D eigenvalue weighted by Gasteiger charge is 2.13. The van der Waals surface area contributed by atoms with Crippen molar-refractivity contribution in [1.29, 1.82) is 0 Å². The van der Waals surface area contributed by atoms with Gasteiger partial charge in [0.2, 0.25) is 5.95 Å². The predicted molar refractivity (Wildman–Crippen MR) is 113 cm³/mol. The van der Waals surface area contributed by atoms with E-state index in [2.05, 4.69) is 42.9 Å². The van der Waals surface area contributed by atoms with Crippen molar-refractivity contribution in [2.24, 2.45) is 0 Å². The lowest BCUT2D eigenvalue weighted by Crippen LogP contribution is -2.07. The van der Waals surface area contributed by atoms with Gasteiger partial charge in [-0.25, -0.2) is 4.98 Å². The first-order valence-electron chi connectivity index (χ1n) is 10.2. The highest BCUT2D eigenvalue weighted by atomic mass is 16.5. The maximum atomic E-state index is 6.25. The molecule has 2 rings (SSSR count). The SMILES string of the molecule is CCCCCOc1c(CCC)cc(Cc2cnc(N)nc2N)cc1CCC. The number of ether oxygens (including phenoxy) is 1. The quantitative estimate of drug-likeness (QED) is 0.560. The average Bonchev–Trinajstić information content (AvgIpc) is 2.63. The van der Waals surface area contributed by atoms with Crippen LogP contribution in [0.1, 0.15) is 75.1 Å². The fourth-order valence-electron chi connectivity index (χ4n) is 3.34. The minimum Gasteiger partial charge on any atom is -0.493 e. The third kappa shape index (κ3) is 6.12. The lowest BCUT2D eigenvalue weighted by molar-refractivity contribution is 0.300. The van der Waals surface area contributed by atoms with Gasteiger partial charge in [-0.05, 0) is 36.0 Å². The molecule has 1 aromatic carbocycles. The van der Waals surface area contributed by atoms with E-state index in [0.717, 1.165) is 50.0 Å². The van der Waals surface area contributed by atoms with Gasteiger partial charge in [0, 0.05) is 18.2 Å². The number of hydrogen-bond acceptors (Lipinski definition) is 5. The Labute approximate surface area is 163 Å². The normalized spacial score (nSPS) is 10.9. The zero-order valence-corrected chi connectivity index (χ0v) is 17.1. The van der Waals surface area contributed by atoms with Crippen LogP contribution in [0.5, 0.6) is 5.75 Å². The molecule has 0 radical (unpaired) electrons. The van der Waals surface area contributed by atoms with Crippen LogP contribution in [0, 0.1) is 0 Å². The first-order valence-corrected chi connectivity index (χ1v) is 10.2. The van der Waals surface area contributed by atoms with Crippen LogP contribution < -0.4 is 16.2 Å². The molecular formula is C22H34N4O. The molecule has 0 saturated carbocycles. The van der Waals surface area contributed by atoms with E-state index < -0.39 is 0 Å². The van der Waals surface area contributed by atoms with E-state index in [1.54, 1.807) is 6.20 Å². The van der Waals surface area contributed by atoms with E-state index in [-0.39, 0.29) is 5.95 Å². The van der Waals surface area contributed by atoms with Crippen molar-refractivity contribution in [3.63, 3.8) is 0 Å². The van der Waals surface area contributed by atoms with Crippen LogP contribution in [0.2, 0.25) is 0 Å². The minimum absolute atomic E-state index is 0.213. The molecule has 0 aliphatic heterocycles. The van der Waals surface area contributed by atoms with Crippen molar-refractivity contribution in [2.45, 2.75) is 72.1 Å². The number of unbranched alkanes of at least 4 members (excludes halogenated alkanes) is 2. The molecule has 1 heterocycles. The lowest BCUT2D eigenvalue weighted by Gasteiger charge is -2.18. The number of nitrogens with two attached hydrogens (primary N) is 2. The van der Waals surface area contributed by atoms with Crippen LogP contribution >= 0.6 is 0 Å². The zero-order chi connectivity index (χ0) is 19.6. The molecule has 0 aliphatic rings. The molecule has 0 bridgehead atoms. The summed E-state index contributed by atoms with van der Waals surface area (Å²) in [6.07, 6.45) is 10.2. The molecule has 4 N–H and O–H groups in total. The standard InChI is InChI=1S/C22H34N4O/c1-4-7-8-11-27-20-17(9-5-2)12-16(13-18(20)10-6-3)14-19-15-25-22(24)26-21(19)23/h12-13,15H,4-11,14H2,1-3H3,(H4,23,24,25,26). The topological polar surface area (TPSA) is 87.0 Å². The number of nitrogens with zero attached hydrogens (tertiary/aromatic N) is 2. The summed E-state index contributed by atoms with van der Waals surface area (Å²) in [4.78, 5) is 8.17. The molecule has 0 fully saturated rings. The molecule has 5 heteroatoms. The number of aromatic nitrogens is 2. The van der Waals surface area contributed by atoms with Gasteiger partial charge in [0.05, 0.1) is 6.61 Å². The molecular weight excluding hydrogens is 336 g/mol. The van der Waals surface area contributed by atoms with Crippen LogP contribution in [0.25, 0.3) is 0 Å². The minimum atomic E-state index is 0.213. The summed E-state index contributed by atoms with van der Waals surface area (Å²) >= 11 is 0. The van der Waals surface area contributed by atoms with Crippen molar-refractivity contribution < 1.29 is 4.74 Å². The molecule has 2 aromatic rings. The summed E-state index contributed by atoms with van der Waals surface area (Å²) in [6.45, 7) is 7.42. The number of aryl methyl sites for hydroxylation is 2. The van der Waals surface area contributed by atoms with Gasteiger partial charge < -0.3 is 16.2 Å². The lowest BCUT2D eigenvalue weighted by atomic mass is 9.95. The van der Waals surface area contributed by atoms with Gasteiger partial charge in [0.1, 0.15) is 11.6 Å². The van der Waals surface area contributed by atoms with Gasteiger partial charge in [-0.1, -0.05) is 58.6 Å². The molecule has 0 unspecified atom stereocenters. The van der Waals surface area contributed by atoms with Crippen LogP contribution in [0.15, 0.2) is 18.3 Å². The zero-order valence-electron chi connectivity index (χ0n) is 17.1. The van der Waals surface area contributed by atoms with Crippen LogP contribution in [-0.2, 0) is 19.3 Å².